The summed E-state index contributed by atoms with van der Waals surface area (Å²) in [4.78, 5) is 50.1. The second kappa shape index (κ2) is 24.1. The molecule has 0 saturated heterocycles. The van der Waals surface area contributed by atoms with Gasteiger partial charge in [-0.05, 0) is 120 Å². The van der Waals surface area contributed by atoms with Crippen LogP contribution in [0.3, 0.4) is 0 Å². The van der Waals surface area contributed by atoms with Gasteiger partial charge in [0.1, 0.15) is 33.9 Å². The molecule has 22 heteroatoms. The molecule has 6 aromatic rings. The lowest BCUT2D eigenvalue weighted by atomic mass is 9.87. The Morgan fingerprint density at radius 3 is 2.11 bits per heavy atom. The molecule has 0 spiro atoms. The average molecular weight is 1100 g/mol. The van der Waals surface area contributed by atoms with Gasteiger partial charge >= 0.3 is 17.3 Å². The van der Waals surface area contributed by atoms with Crippen LogP contribution in [0.4, 0.5) is 21.4 Å². The van der Waals surface area contributed by atoms with Gasteiger partial charge in [-0.3, -0.25) is 10.2 Å². The number of aliphatic hydroxyl groups is 1. The minimum absolute atomic E-state index is 0.268. The molecule has 10 rings (SSSR count). The number of ether oxygens (including phenoxy) is 2. The first-order valence-corrected chi connectivity index (χ1v) is 26.3. The van der Waals surface area contributed by atoms with Gasteiger partial charge in [0.05, 0.1) is 36.9 Å². The molecule has 1 fully saturated rings. The summed E-state index contributed by atoms with van der Waals surface area (Å²) < 4.78 is 13.3. The topological polar surface area (TPSA) is 197 Å². The standard InChI is InChI=1S/C24H27N7O.C13H18ClN2O3.C13H17ClN2O2.CHCl3/c1-14-2-5-16(6-3-14)31-19-12-25-9-8-17(19)18-11-27-24(30-23(18)31)29-21-7-4-15-10-26-13-20(32)22(15)28-21;1-13(2,3)19-12(17)15-7-6-10-9(8-15)4-5-11(14)16(10)18;1-13(2,3)18-12(17)16-7-6-10-9(8-16)4-5-11(14)15-10;2-1(3)4/h4,7-9,11-12,14,16,20,26,32H,2-3,5-6,10,13H2,1H3,(H,27,28,29,30);4-5,18H,6-8H2,1-3H3;4-5H,6-8H2,1-3H3;1H/q;+1;;. The van der Waals surface area contributed by atoms with Gasteiger partial charge in [0.15, 0.2) is 4.30 Å². The largest absolute Gasteiger partial charge is 0.444 e. The van der Waals surface area contributed by atoms with Gasteiger partial charge in [-0.15, -0.1) is 0 Å². The number of hydrogen-bond donors (Lipinski definition) is 4. The lowest BCUT2D eigenvalue weighted by Gasteiger charge is -2.30. The molecule has 73 heavy (non-hydrogen) atoms. The first kappa shape index (κ1) is 55.7. The van der Waals surface area contributed by atoms with Crippen LogP contribution in [0.15, 0.2) is 61.1 Å². The summed E-state index contributed by atoms with van der Waals surface area (Å²) in [6.45, 7) is 16.8. The minimum Gasteiger partial charge on any atom is -0.444 e. The number of alkyl halides is 3. The Kier molecular flexibility index (Phi) is 18.4. The van der Waals surface area contributed by atoms with Crippen LogP contribution >= 0.6 is 58.0 Å². The fourth-order valence-corrected chi connectivity index (χ4v) is 9.38. The number of rotatable bonds is 3. The number of carbonyl (C=O) groups excluding carboxylic acids is 2. The van der Waals surface area contributed by atoms with Crippen molar-refractivity contribution in [3.63, 3.8) is 0 Å². The quantitative estimate of drug-likeness (QED) is 0.0566. The highest BCUT2D eigenvalue weighted by Gasteiger charge is 2.32. The lowest BCUT2D eigenvalue weighted by molar-refractivity contribution is -0.908. The Morgan fingerprint density at radius 2 is 1.44 bits per heavy atom. The number of hydrogen-bond acceptors (Lipinski definition) is 13. The number of pyridine rings is 4. The highest BCUT2D eigenvalue weighted by Crippen LogP contribution is 2.38. The maximum absolute atomic E-state index is 12.0. The number of fused-ring (bicyclic) bond motifs is 6. The van der Waals surface area contributed by atoms with Crippen LogP contribution < -0.4 is 15.4 Å². The number of carbonyl (C=O) groups is 2. The zero-order valence-corrected chi connectivity index (χ0v) is 45.8. The van der Waals surface area contributed by atoms with E-state index in [1.54, 1.807) is 21.9 Å². The van der Waals surface area contributed by atoms with Crippen LogP contribution in [-0.2, 0) is 41.9 Å². The predicted molar refractivity (Wildman–Crippen MR) is 284 cm³/mol. The number of halogens is 5. The van der Waals surface area contributed by atoms with E-state index in [0.717, 1.165) is 86.5 Å². The summed E-state index contributed by atoms with van der Waals surface area (Å²) in [5.41, 5.74) is 6.46. The van der Waals surface area contributed by atoms with Crippen LogP contribution in [0.25, 0.3) is 21.9 Å². The highest BCUT2D eigenvalue weighted by atomic mass is 35.6. The molecule has 4 aliphatic rings. The molecule has 1 unspecified atom stereocenters. The molecular formula is C51H63Cl5N11O6+. The van der Waals surface area contributed by atoms with Crippen molar-refractivity contribution >= 4 is 104 Å². The van der Waals surface area contributed by atoms with E-state index in [1.807, 2.05) is 84.4 Å². The molecule has 392 valence electrons. The zero-order chi connectivity index (χ0) is 52.8. The highest BCUT2D eigenvalue weighted by molar-refractivity contribution is 6.63. The van der Waals surface area contributed by atoms with E-state index < -0.39 is 21.6 Å². The third-order valence-corrected chi connectivity index (χ3v) is 13.0. The minimum atomic E-state index is -0.750. The van der Waals surface area contributed by atoms with E-state index in [1.165, 1.54) is 12.8 Å². The van der Waals surface area contributed by atoms with E-state index in [0.29, 0.717) is 67.8 Å². The Hall–Kier alpha value is -5.01. The predicted octanol–water partition coefficient (Wildman–Crippen LogP) is 11.2. The van der Waals surface area contributed by atoms with Gasteiger partial charge in [0.2, 0.25) is 11.6 Å². The lowest BCUT2D eigenvalue weighted by Crippen LogP contribution is -2.46. The Morgan fingerprint density at radius 1 is 0.808 bits per heavy atom. The first-order chi connectivity index (χ1) is 34.5. The Bertz CT molecular complexity index is 2900. The molecule has 0 radical (unpaired) electrons. The molecule has 9 heterocycles. The monoisotopic (exact) mass is 1100 g/mol. The van der Waals surface area contributed by atoms with Crippen molar-refractivity contribution in [2.45, 2.75) is 134 Å². The molecule has 2 amide bonds. The van der Waals surface area contributed by atoms with E-state index in [2.05, 4.69) is 48.1 Å². The smallest absolute Gasteiger partial charge is 0.410 e. The average Bonchev–Trinajstić information content (AvgIpc) is 3.65. The Balaban J connectivity index is 0.000000164. The maximum Gasteiger partial charge on any atom is 0.410 e. The number of β-amino-alcohol motifs (C(OH)–C–C–N with tert-alkyl or cyclic N) is 1. The van der Waals surface area contributed by atoms with Gasteiger partial charge in [-0.25, -0.2) is 24.5 Å². The molecule has 6 aromatic heterocycles. The van der Waals surface area contributed by atoms with Crippen LogP contribution in [-0.4, -0.2) is 96.9 Å². The van der Waals surface area contributed by atoms with E-state index in [9.17, 15) is 19.9 Å². The van der Waals surface area contributed by atoms with Gasteiger partial charge in [0, 0.05) is 83.9 Å². The van der Waals surface area contributed by atoms with Crippen molar-refractivity contribution in [1.29, 1.82) is 0 Å². The van der Waals surface area contributed by atoms with E-state index in [-0.39, 0.29) is 17.3 Å². The number of nitrogens with one attached hydrogen (secondary N) is 2. The van der Waals surface area contributed by atoms with Crippen molar-refractivity contribution in [1.82, 2.24) is 44.6 Å². The number of anilines is 2. The SMILES string of the molecule is CC(C)(C)OC(=O)N1CCc2c(ccc(Cl)[n+]2O)C1.CC(C)(C)OC(=O)N1CCc2nc(Cl)ccc2C1.CC1CCC(n2c3cnccc3c3cnc(Nc4ccc5c(n4)C(O)CNC5)nc32)CC1.ClC(Cl)Cl. The molecule has 0 aromatic carbocycles. The summed E-state index contributed by atoms with van der Waals surface area (Å²) in [7, 11) is 0. The molecule has 3 aliphatic heterocycles. The molecule has 1 aliphatic carbocycles. The van der Waals surface area contributed by atoms with Crippen LogP contribution in [0, 0.1) is 5.92 Å². The molecule has 4 N–H and O–H groups in total. The number of aliphatic hydroxyl groups excluding tert-OH is 1. The summed E-state index contributed by atoms with van der Waals surface area (Å²) >= 11 is 26.1. The van der Waals surface area contributed by atoms with Crippen LogP contribution in [0.5, 0.6) is 0 Å². The molecule has 0 bridgehead atoms. The van der Waals surface area contributed by atoms with E-state index in [4.69, 9.17) is 72.5 Å². The first-order valence-electron chi connectivity index (χ1n) is 24.2. The van der Waals surface area contributed by atoms with Crippen molar-refractivity contribution in [3.05, 3.63) is 105 Å². The zero-order valence-electron chi connectivity index (χ0n) is 42.0. The van der Waals surface area contributed by atoms with Crippen molar-refractivity contribution in [3.8, 4) is 0 Å². The molecule has 1 atom stereocenters. The molecular weight excluding hydrogens is 1040 g/mol. The Labute approximate surface area is 450 Å². The van der Waals surface area contributed by atoms with Crippen LogP contribution in [0.2, 0.25) is 10.3 Å². The molecule has 17 nitrogen and oxygen atoms in total. The van der Waals surface area contributed by atoms with Crippen molar-refractivity contribution in [2.24, 2.45) is 5.92 Å². The third kappa shape index (κ3) is 14.9. The normalized spacial score (nSPS) is 18.4. The van der Waals surface area contributed by atoms with Crippen LogP contribution in [0.1, 0.15) is 120 Å². The van der Waals surface area contributed by atoms with Gasteiger partial charge < -0.3 is 39.6 Å². The number of nitrogens with zero attached hydrogens (tertiary/aromatic N) is 9. The second-order valence-electron chi connectivity index (χ2n) is 20.4. The summed E-state index contributed by atoms with van der Waals surface area (Å²) in [5.74, 6) is 1.93. The van der Waals surface area contributed by atoms with E-state index >= 15 is 0 Å². The summed E-state index contributed by atoms with van der Waals surface area (Å²) in [5, 5.41) is 29.5. The maximum atomic E-state index is 12.0. The van der Waals surface area contributed by atoms with Gasteiger partial charge in [-0.2, -0.15) is 4.98 Å². The number of aromatic nitrogens is 7. The third-order valence-electron chi connectivity index (χ3n) is 12.5. The summed E-state index contributed by atoms with van der Waals surface area (Å²) in [6.07, 6.45) is 10.5. The number of amides is 2. The van der Waals surface area contributed by atoms with Crippen molar-refractivity contribution < 1.29 is 34.1 Å². The molecule has 1 saturated carbocycles. The van der Waals surface area contributed by atoms with Gasteiger partial charge in [-0.1, -0.05) is 65.5 Å². The second-order valence-corrected chi connectivity index (χ2v) is 23.1. The fraction of sp³-hybridized carbons (Fsp3) is 0.490. The summed E-state index contributed by atoms with van der Waals surface area (Å²) in [6, 6.07) is 13.5. The fourth-order valence-electron chi connectivity index (χ4n) is 9.05. The van der Waals surface area contributed by atoms with Gasteiger partial charge in [0.25, 0.3) is 0 Å². The van der Waals surface area contributed by atoms with Crippen molar-refractivity contribution in [2.75, 3.05) is 25.0 Å².